The number of halogens is 1. The molecule has 0 spiro atoms. The highest BCUT2D eigenvalue weighted by atomic mass is 35.5. The molecule has 1 atom stereocenters. The number of carboxylic acid groups (broad SMARTS) is 1. The molecule has 1 aromatic heterocycles. The third-order valence-electron chi connectivity index (χ3n) is 6.81. The van der Waals surface area contributed by atoms with Crippen molar-refractivity contribution in [3.63, 3.8) is 0 Å². The molecule has 3 aromatic carbocycles. The first-order chi connectivity index (χ1) is 18.4. The lowest BCUT2D eigenvalue weighted by molar-refractivity contribution is 0.0696. The van der Waals surface area contributed by atoms with Crippen molar-refractivity contribution in [2.45, 2.75) is 40.3 Å². The summed E-state index contributed by atoms with van der Waals surface area (Å²) >= 11 is 8.07. The highest BCUT2D eigenvalue weighted by molar-refractivity contribution is 7.12. The molecule has 4 aromatic rings. The number of nitrogens with zero attached hydrogens (tertiary/aromatic N) is 1. The molecule has 0 fully saturated rings. The lowest BCUT2D eigenvalue weighted by atomic mass is 9.85. The van der Waals surface area contributed by atoms with E-state index in [2.05, 4.69) is 31.4 Å². The van der Waals surface area contributed by atoms with Gasteiger partial charge in [-0.15, -0.1) is 11.3 Å². The van der Waals surface area contributed by atoms with Crippen molar-refractivity contribution in [2.24, 2.45) is 5.41 Å². The topological polar surface area (TPSA) is 116 Å². The van der Waals surface area contributed by atoms with Crippen LogP contribution in [0, 0.1) is 12.3 Å². The SMILES string of the molecule is Cc1ccc([C@H](Nc2c(Nc3ccc(Cl)c4c3C(=O)N(c3cccc(C(=O)O)c3)C4)c(=O)c2=O)C(C)(C)C)s1. The Morgan fingerprint density at radius 2 is 1.77 bits per heavy atom. The van der Waals surface area contributed by atoms with Crippen LogP contribution < -0.4 is 26.4 Å². The molecule has 0 unspecified atom stereocenters. The van der Waals surface area contributed by atoms with Crippen LogP contribution in [0.3, 0.4) is 0 Å². The summed E-state index contributed by atoms with van der Waals surface area (Å²) in [5, 5.41) is 16.1. The Hall–Kier alpha value is -3.95. The summed E-state index contributed by atoms with van der Waals surface area (Å²) < 4.78 is 0. The summed E-state index contributed by atoms with van der Waals surface area (Å²) in [7, 11) is 0. The Morgan fingerprint density at radius 1 is 1.05 bits per heavy atom. The number of thiophene rings is 1. The zero-order valence-electron chi connectivity index (χ0n) is 21.7. The van der Waals surface area contributed by atoms with Crippen LogP contribution in [0.15, 0.2) is 58.1 Å². The number of fused-ring (bicyclic) bond motifs is 1. The third-order valence-corrected chi connectivity index (χ3v) is 8.23. The number of hydrogen-bond donors (Lipinski definition) is 3. The molecule has 0 aliphatic carbocycles. The van der Waals surface area contributed by atoms with Crippen molar-refractivity contribution in [3.05, 3.63) is 100 Å². The molecule has 200 valence electrons. The molecule has 0 saturated heterocycles. The average Bonchev–Trinajstić information content (AvgIpc) is 3.47. The minimum atomic E-state index is -1.10. The first-order valence-electron chi connectivity index (χ1n) is 12.3. The van der Waals surface area contributed by atoms with E-state index in [4.69, 9.17) is 11.6 Å². The van der Waals surface area contributed by atoms with E-state index in [0.717, 1.165) is 9.75 Å². The average molecular weight is 564 g/mol. The van der Waals surface area contributed by atoms with Crippen LogP contribution in [0.1, 0.15) is 62.8 Å². The fourth-order valence-electron chi connectivity index (χ4n) is 4.76. The zero-order chi connectivity index (χ0) is 28.2. The van der Waals surface area contributed by atoms with E-state index < -0.39 is 22.7 Å². The zero-order valence-corrected chi connectivity index (χ0v) is 23.3. The fourth-order valence-corrected chi connectivity index (χ4v) is 6.15. The van der Waals surface area contributed by atoms with Crippen molar-refractivity contribution >= 4 is 57.6 Å². The summed E-state index contributed by atoms with van der Waals surface area (Å²) in [5.41, 5.74) is 0.311. The molecule has 1 aliphatic rings. The first-order valence-corrected chi connectivity index (χ1v) is 13.5. The lowest BCUT2D eigenvalue weighted by Gasteiger charge is -2.32. The number of aryl methyl sites for hydroxylation is 1. The van der Waals surface area contributed by atoms with Crippen LogP contribution in [0.2, 0.25) is 5.02 Å². The number of amides is 1. The second-order valence-electron chi connectivity index (χ2n) is 10.6. The van der Waals surface area contributed by atoms with Crippen LogP contribution in [0.5, 0.6) is 0 Å². The number of benzene rings is 2. The van der Waals surface area contributed by atoms with Crippen LogP contribution in [-0.2, 0) is 6.54 Å². The summed E-state index contributed by atoms with van der Waals surface area (Å²) in [6.45, 7) is 8.30. The Labute approximate surface area is 233 Å². The van der Waals surface area contributed by atoms with Gasteiger partial charge in [-0.05, 0) is 54.8 Å². The third kappa shape index (κ3) is 4.72. The quantitative estimate of drug-likeness (QED) is 0.232. The van der Waals surface area contributed by atoms with Crippen molar-refractivity contribution in [2.75, 3.05) is 15.5 Å². The Kier molecular flexibility index (Phi) is 6.60. The molecular weight excluding hydrogens is 538 g/mol. The van der Waals surface area contributed by atoms with Gasteiger partial charge in [0.1, 0.15) is 11.4 Å². The number of carbonyl (C=O) groups excluding carboxylic acids is 1. The van der Waals surface area contributed by atoms with Gasteiger partial charge in [0.2, 0.25) is 0 Å². The molecule has 2 heterocycles. The maximum absolute atomic E-state index is 13.6. The highest BCUT2D eigenvalue weighted by Gasteiger charge is 2.35. The molecule has 1 aliphatic heterocycles. The maximum Gasteiger partial charge on any atom is 0.335 e. The van der Waals surface area contributed by atoms with Crippen LogP contribution >= 0.6 is 22.9 Å². The van der Waals surface area contributed by atoms with E-state index in [1.54, 1.807) is 35.6 Å². The molecule has 8 nitrogen and oxygen atoms in total. The summed E-state index contributed by atoms with van der Waals surface area (Å²) in [4.78, 5) is 54.0. The van der Waals surface area contributed by atoms with Gasteiger partial charge in [0.25, 0.3) is 16.8 Å². The summed E-state index contributed by atoms with van der Waals surface area (Å²) in [6.07, 6.45) is 0. The predicted octanol–water partition coefficient (Wildman–Crippen LogP) is 6.11. The van der Waals surface area contributed by atoms with E-state index >= 15 is 0 Å². The smallest absolute Gasteiger partial charge is 0.335 e. The molecule has 5 rings (SSSR count). The summed E-state index contributed by atoms with van der Waals surface area (Å²) in [5.74, 6) is -1.50. The molecule has 0 radical (unpaired) electrons. The first kappa shape index (κ1) is 26.6. The number of carboxylic acids is 1. The second kappa shape index (κ2) is 9.66. The molecule has 0 saturated carbocycles. The number of nitrogens with one attached hydrogen (secondary N) is 2. The molecule has 39 heavy (non-hydrogen) atoms. The molecular formula is C29H26ClN3O5S. The lowest BCUT2D eigenvalue weighted by Crippen LogP contribution is -2.39. The van der Waals surface area contributed by atoms with Gasteiger partial charge >= 0.3 is 5.97 Å². The Morgan fingerprint density at radius 3 is 2.41 bits per heavy atom. The van der Waals surface area contributed by atoms with Gasteiger partial charge < -0.3 is 20.6 Å². The van der Waals surface area contributed by atoms with E-state index in [9.17, 15) is 24.3 Å². The monoisotopic (exact) mass is 563 g/mol. The van der Waals surface area contributed by atoms with Gasteiger partial charge in [0, 0.05) is 26.0 Å². The van der Waals surface area contributed by atoms with Gasteiger partial charge in [-0.25, -0.2) is 4.79 Å². The van der Waals surface area contributed by atoms with Crippen LogP contribution in [0.4, 0.5) is 22.7 Å². The largest absolute Gasteiger partial charge is 0.478 e. The molecule has 1 amide bonds. The number of hydrogen-bond acceptors (Lipinski definition) is 7. The van der Waals surface area contributed by atoms with Crippen molar-refractivity contribution in [1.82, 2.24) is 0 Å². The Balaban J connectivity index is 1.49. The van der Waals surface area contributed by atoms with E-state index in [0.29, 0.717) is 22.0 Å². The van der Waals surface area contributed by atoms with Crippen molar-refractivity contribution in [1.29, 1.82) is 0 Å². The van der Waals surface area contributed by atoms with Gasteiger partial charge in [0.05, 0.1) is 29.4 Å². The van der Waals surface area contributed by atoms with Crippen LogP contribution in [0.25, 0.3) is 0 Å². The number of aromatic carboxylic acids is 1. The normalized spacial score (nSPS) is 14.0. The fraction of sp³-hybridized carbons (Fsp3) is 0.241. The number of rotatable bonds is 7. The minimum Gasteiger partial charge on any atom is -0.478 e. The maximum atomic E-state index is 13.6. The minimum absolute atomic E-state index is 0.0505. The Bertz CT molecular complexity index is 1710. The molecule has 0 bridgehead atoms. The van der Waals surface area contributed by atoms with Gasteiger partial charge in [-0.2, -0.15) is 0 Å². The summed E-state index contributed by atoms with van der Waals surface area (Å²) in [6, 6.07) is 13.1. The van der Waals surface area contributed by atoms with Gasteiger partial charge in [0.15, 0.2) is 0 Å². The van der Waals surface area contributed by atoms with Crippen molar-refractivity contribution < 1.29 is 14.7 Å². The molecule has 10 heteroatoms. The van der Waals surface area contributed by atoms with Crippen LogP contribution in [-0.4, -0.2) is 17.0 Å². The van der Waals surface area contributed by atoms with Gasteiger partial charge in [-0.3, -0.25) is 14.4 Å². The van der Waals surface area contributed by atoms with Gasteiger partial charge in [-0.1, -0.05) is 38.4 Å². The van der Waals surface area contributed by atoms with Crippen molar-refractivity contribution in [3.8, 4) is 0 Å². The highest BCUT2D eigenvalue weighted by Crippen LogP contribution is 2.41. The van der Waals surface area contributed by atoms with E-state index in [1.165, 1.54) is 17.0 Å². The number of carbonyl (C=O) groups is 2. The number of anilines is 4. The van der Waals surface area contributed by atoms with E-state index in [-0.39, 0.29) is 40.5 Å². The van der Waals surface area contributed by atoms with E-state index in [1.807, 2.05) is 19.1 Å². The predicted molar refractivity (Wildman–Crippen MR) is 155 cm³/mol. The second-order valence-corrected chi connectivity index (χ2v) is 12.3. The standard InChI is InChI=1S/C29H26ClN3O5S/c1-14-8-11-20(39-14)26(29(2,3)4)32-23-22(24(34)25(23)35)31-19-10-9-18(30)17-13-33(27(36)21(17)19)16-7-5-6-15(12-16)28(37)38/h5-12,26,31-32H,13H2,1-4H3,(H,37,38)/t26-/m0/s1. The molecule has 3 N–H and O–H groups in total.